The van der Waals surface area contributed by atoms with Gasteiger partial charge in [-0.25, -0.2) is 0 Å². The second-order valence-electron chi connectivity index (χ2n) is 8.99. The molecule has 3 fully saturated rings. The normalized spacial score (nSPS) is 50.5. The quantitative estimate of drug-likeness (QED) is 0.678. The van der Waals surface area contributed by atoms with Gasteiger partial charge in [0, 0.05) is 13.5 Å². The monoisotopic (exact) mass is 314 g/mol. The molecule has 0 heterocycles. The van der Waals surface area contributed by atoms with E-state index in [0.29, 0.717) is 5.41 Å². The molecule has 126 valence electrons. The molecule has 5 aliphatic carbocycles. The second-order valence-corrected chi connectivity index (χ2v) is 8.99. The van der Waals surface area contributed by atoms with Crippen molar-refractivity contribution in [2.45, 2.75) is 63.9 Å². The van der Waals surface area contributed by atoms with E-state index < -0.39 is 0 Å². The van der Waals surface area contributed by atoms with E-state index in [-0.39, 0.29) is 5.60 Å². The zero-order valence-corrected chi connectivity index (χ0v) is 14.9. The van der Waals surface area contributed by atoms with Crippen LogP contribution in [0.2, 0.25) is 0 Å². The van der Waals surface area contributed by atoms with Gasteiger partial charge in [0.2, 0.25) is 0 Å². The topological polar surface area (TPSA) is 18.5 Å². The van der Waals surface area contributed by atoms with Crippen molar-refractivity contribution in [3.8, 4) is 0 Å². The van der Waals surface area contributed by atoms with Gasteiger partial charge in [-0.2, -0.15) is 0 Å². The van der Waals surface area contributed by atoms with Crippen molar-refractivity contribution in [1.82, 2.24) is 0 Å². The number of fused-ring (bicyclic) bond motifs is 6. The van der Waals surface area contributed by atoms with E-state index in [1.165, 1.54) is 44.3 Å². The van der Waals surface area contributed by atoms with E-state index >= 15 is 0 Å². The van der Waals surface area contributed by atoms with Crippen molar-refractivity contribution < 1.29 is 9.47 Å². The Morgan fingerprint density at radius 1 is 1.22 bits per heavy atom. The van der Waals surface area contributed by atoms with Crippen molar-refractivity contribution in [1.29, 1.82) is 0 Å². The van der Waals surface area contributed by atoms with Crippen LogP contribution in [0.5, 0.6) is 0 Å². The van der Waals surface area contributed by atoms with Crippen LogP contribution in [0.25, 0.3) is 0 Å². The predicted octanol–water partition coefficient (Wildman–Crippen LogP) is 4.86. The molecule has 0 bridgehead atoms. The third kappa shape index (κ3) is 1.69. The lowest BCUT2D eigenvalue weighted by molar-refractivity contribution is -0.0854. The highest BCUT2D eigenvalue weighted by Crippen LogP contribution is 2.75. The first-order valence-corrected chi connectivity index (χ1v) is 9.62. The van der Waals surface area contributed by atoms with Gasteiger partial charge in [-0.3, -0.25) is 0 Å². The summed E-state index contributed by atoms with van der Waals surface area (Å²) < 4.78 is 11.6. The molecule has 6 atom stereocenters. The molecule has 0 spiro atoms. The molecule has 23 heavy (non-hydrogen) atoms. The van der Waals surface area contributed by atoms with Gasteiger partial charge in [-0.1, -0.05) is 18.1 Å². The maximum atomic E-state index is 6.12. The third-order valence-corrected chi connectivity index (χ3v) is 8.63. The van der Waals surface area contributed by atoms with Gasteiger partial charge < -0.3 is 9.47 Å². The van der Waals surface area contributed by atoms with Crippen molar-refractivity contribution in [3.05, 3.63) is 23.0 Å². The Morgan fingerprint density at radius 3 is 2.87 bits per heavy atom. The summed E-state index contributed by atoms with van der Waals surface area (Å²) in [5.41, 5.74) is 4.23. The van der Waals surface area contributed by atoms with Crippen LogP contribution in [-0.2, 0) is 9.47 Å². The largest absolute Gasteiger partial charge is 0.501 e. The van der Waals surface area contributed by atoms with Gasteiger partial charge in [-0.05, 0) is 80.1 Å². The lowest BCUT2D eigenvalue weighted by Crippen LogP contribution is -2.48. The Morgan fingerprint density at radius 2 is 2.09 bits per heavy atom. The summed E-state index contributed by atoms with van der Waals surface area (Å²) in [5, 5.41) is 0. The fourth-order valence-electron chi connectivity index (χ4n) is 7.40. The minimum atomic E-state index is 0.257. The number of hydrogen-bond acceptors (Lipinski definition) is 2. The Labute approximate surface area is 140 Å². The first-order valence-electron chi connectivity index (χ1n) is 9.62. The van der Waals surface area contributed by atoms with Gasteiger partial charge >= 0.3 is 0 Å². The van der Waals surface area contributed by atoms with Gasteiger partial charge in [0.25, 0.3) is 0 Å². The Balaban J connectivity index is 1.44. The lowest BCUT2D eigenvalue weighted by Gasteiger charge is -2.53. The summed E-state index contributed by atoms with van der Waals surface area (Å²) in [6, 6.07) is 0. The average molecular weight is 314 g/mol. The summed E-state index contributed by atoms with van der Waals surface area (Å²) >= 11 is 0. The summed E-state index contributed by atoms with van der Waals surface area (Å²) in [6.45, 7) is 2.57. The van der Waals surface area contributed by atoms with Crippen LogP contribution in [0.4, 0.5) is 0 Å². The molecule has 0 aliphatic heterocycles. The lowest BCUT2D eigenvalue weighted by atomic mass is 9.53. The molecule has 0 aromatic heterocycles. The molecule has 5 aliphatic rings. The van der Waals surface area contributed by atoms with E-state index in [2.05, 4.69) is 13.0 Å². The molecular formula is C21H30O2. The van der Waals surface area contributed by atoms with Crippen molar-refractivity contribution >= 4 is 0 Å². The fraction of sp³-hybridized carbons (Fsp3) is 0.810. The molecule has 0 N–H and O–H groups in total. The molecule has 3 saturated carbocycles. The fourth-order valence-corrected chi connectivity index (χ4v) is 7.40. The van der Waals surface area contributed by atoms with Crippen LogP contribution >= 0.6 is 0 Å². The van der Waals surface area contributed by atoms with Crippen LogP contribution < -0.4 is 0 Å². The van der Waals surface area contributed by atoms with Gasteiger partial charge in [-0.15, -0.1) is 0 Å². The van der Waals surface area contributed by atoms with E-state index in [9.17, 15) is 0 Å². The van der Waals surface area contributed by atoms with E-state index in [4.69, 9.17) is 9.47 Å². The van der Waals surface area contributed by atoms with E-state index in [1.54, 1.807) is 11.1 Å². The predicted molar refractivity (Wildman–Crippen MR) is 90.9 cm³/mol. The van der Waals surface area contributed by atoms with E-state index in [0.717, 1.165) is 36.5 Å². The highest BCUT2D eigenvalue weighted by Gasteiger charge is 2.74. The van der Waals surface area contributed by atoms with Crippen LogP contribution in [0.3, 0.4) is 0 Å². The van der Waals surface area contributed by atoms with Gasteiger partial charge in [0.1, 0.15) is 0 Å². The minimum Gasteiger partial charge on any atom is -0.501 e. The molecule has 2 heteroatoms. The summed E-state index contributed by atoms with van der Waals surface area (Å²) in [5.74, 6) is 4.75. The maximum Gasteiger partial charge on any atom is 0.0959 e. The molecule has 0 radical (unpaired) electrons. The minimum absolute atomic E-state index is 0.257. The van der Waals surface area contributed by atoms with Crippen LogP contribution in [-0.4, -0.2) is 19.8 Å². The molecule has 0 unspecified atom stereocenters. The summed E-state index contributed by atoms with van der Waals surface area (Å²) in [7, 11) is 3.80. The molecule has 0 amide bonds. The van der Waals surface area contributed by atoms with Crippen LogP contribution in [0.1, 0.15) is 58.3 Å². The smallest absolute Gasteiger partial charge is 0.0959 e. The van der Waals surface area contributed by atoms with Gasteiger partial charge in [0.05, 0.1) is 18.5 Å². The number of allylic oxidation sites excluding steroid dienone is 3. The number of ether oxygens (including phenoxy) is 2. The van der Waals surface area contributed by atoms with E-state index in [1.807, 2.05) is 14.2 Å². The first-order chi connectivity index (χ1) is 11.1. The van der Waals surface area contributed by atoms with Crippen molar-refractivity contribution in [2.24, 2.45) is 29.1 Å². The summed E-state index contributed by atoms with van der Waals surface area (Å²) in [4.78, 5) is 0. The molecule has 0 aromatic rings. The number of rotatable bonds is 2. The Bertz CT molecular complexity index is 599. The zero-order chi connectivity index (χ0) is 15.8. The SMILES string of the molecule is COC1=CCC2=C(CC[C@@H]3[C@@H]2CC[C@@]2(C)[C@H]3C[C@H]3C[C@@]32OC)C1. The Kier molecular flexibility index (Phi) is 2.95. The highest BCUT2D eigenvalue weighted by molar-refractivity contribution is 5.34. The molecular weight excluding hydrogens is 284 g/mol. The highest BCUT2D eigenvalue weighted by atomic mass is 16.5. The molecule has 5 rings (SSSR count). The Hall–Kier alpha value is -0.760. The zero-order valence-electron chi connectivity index (χ0n) is 14.9. The standard InChI is InChI=1S/C21H30O2/c1-20-9-8-17-16-7-5-15(22-2)10-13(16)4-6-18(17)19(20)11-14-12-21(14,20)23-3/h5,14,17-19H,4,6-12H2,1-3H3/t14-,17+,18+,19-,20-,21+/m0/s1. The van der Waals surface area contributed by atoms with Gasteiger partial charge in [0.15, 0.2) is 0 Å². The van der Waals surface area contributed by atoms with Crippen LogP contribution in [0, 0.1) is 29.1 Å². The van der Waals surface area contributed by atoms with Crippen LogP contribution in [0.15, 0.2) is 23.0 Å². The molecule has 0 saturated heterocycles. The second kappa shape index (κ2) is 4.65. The maximum absolute atomic E-state index is 6.12. The number of methoxy groups -OCH3 is 2. The average Bonchev–Trinajstić information content (AvgIpc) is 3.25. The molecule has 0 aromatic carbocycles. The number of hydrogen-bond donors (Lipinski definition) is 0. The third-order valence-electron chi connectivity index (χ3n) is 8.63. The van der Waals surface area contributed by atoms with Crippen molar-refractivity contribution in [2.75, 3.05) is 14.2 Å². The first kappa shape index (κ1) is 14.6. The van der Waals surface area contributed by atoms with Crippen molar-refractivity contribution in [3.63, 3.8) is 0 Å². The molecule has 2 nitrogen and oxygen atoms in total. The summed E-state index contributed by atoms with van der Waals surface area (Å²) in [6.07, 6.45) is 12.9.